The predicted octanol–water partition coefficient (Wildman–Crippen LogP) is 4.69. The molecular formula is C20H22N4OS. The summed E-state index contributed by atoms with van der Waals surface area (Å²) in [6.45, 7) is 5.94. The molecule has 26 heavy (non-hydrogen) atoms. The van der Waals surface area contributed by atoms with E-state index in [1.165, 1.54) is 17.3 Å². The van der Waals surface area contributed by atoms with Crippen molar-refractivity contribution in [2.45, 2.75) is 37.6 Å². The van der Waals surface area contributed by atoms with Crippen LogP contribution in [0.1, 0.15) is 26.2 Å². The number of thioether (sulfide) groups is 1. The molecule has 5 nitrogen and oxygen atoms in total. The molecule has 0 amide bonds. The van der Waals surface area contributed by atoms with E-state index in [9.17, 15) is 0 Å². The van der Waals surface area contributed by atoms with Gasteiger partial charge in [-0.1, -0.05) is 47.7 Å². The van der Waals surface area contributed by atoms with Gasteiger partial charge in [-0.15, -0.1) is 16.8 Å². The Morgan fingerprint density at radius 3 is 3.04 bits per heavy atom. The first-order valence-corrected chi connectivity index (χ1v) is 9.90. The number of fused-ring (bicyclic) bond motifs is 3. The van der Waals surface area contributed by atoms with Crippen molar-refractivity contribution in [3.8, 4) is 17.1 Å². The molecule has 1 aliphatic heterocycles. The van der Waals surface area contributed by atoms with E-state index in [0.29, 0.717) is 22.6 Å². The van der Waals surface area contributed by atoms with Crippen LogP contribution in [0.2, 0.25) is 0 Å². The molecule has 4 rings (SSSR count). The fourth-order valence-electron chi connectivity index (χ4n) is 3.34. The Bertz CT molecular complexity index is 851. The van der Waals surface area contributed by atoms with Gasteiger partial charge in [-0.3, -0.25) is 0 Å². The molecule has 1 aromatic heterocycles. The van der Waals surface area contributed by atoms with Gasteiger partial charge in [0.2, 0.25) is 11.0 Å². The van der Waals surface area contributed by atoms with Gasteiger partial charge in [-0.2, -0.15) is 4.98 Å². The van der Waals surface area contributed by atoms with Crippen molar-refractivity contribution in [1.82, 2.24) is 15.2 Å². The SMILES string of the molecule is C=CCSc1nnc2c(n1)O[C@@H]([C@H]1CC=C(C)CC1)Nc1ccccc1-2. The number of hydrogen-bond donors (Lipinski definition) is 1. The lowest BCUT2D eigenvalue weighted by Gasteiger charge is -2.29. The van der Waals surface area contributed by atoms with Crippen LogP contribution in [0.4, 0.5) is 5.69 Å². The highest BCUT2D eigenvalue weighted by molar-refractivity contribution is 7.99. The van der Waals surface area contributed by atoms with Crippen LogP contribution in [0.5, 0.6) is 5.88 Å². The molecule has 134 valence electrons. The first-order chi connectivity index (χ1) is 12.7. The monoisotopic (exact) mass is 366 g/mol. The fourth-order valence-corrected chi connectivity index (χ4v) is 3.85. The van der Waals surface area contributed by atoms with Gasteiger partial charge in [0.1, 0.15) is 0 Å². The lowest BCUT2D eigenvalue weighted by Crippen LogP contribution is -2.35. The van der Waals surface area contributed by atoms with E-state index in [4.69, 9.17) is 4.74 Å². The second kappa shape index (κ2) is 7.50. The van der Waals surface area contributed by atoms with Crippen molar-refractivity contribution in [2.75, 3.05) is 11.1 Å². The van der Waals surface area contributed by atoms with Gasteiger partial charge in [-0.25, -0.2) is 0 Å². The summed E-state index contributed by atoms with van der Waals surface area (Å²) in [6, 6.07) is 8.12. The highest BCUT2D eigenvalue weighted by Crippen LogP contribution is 2.39. The van der Waals surface area contributed by atoms with Crippen LogP contribution in [0.3, 0.4) is 0 Å². The van der Waals surface area contributed by atoms with Crippen molar-refractivity contribution >= 4 is 17.4 Å². The quantitative estimate of drug-likeness (QED) is 0.625. The van der Waals surface area contributed by atoms with E-state index in [2.05, 4.69) is 46.1 Å². The van der Waals surface area contributed by atoms with E-state index in [0.717, 1.165) is 36.3 Å². The summed E-state index contributed by atoms with van der Waals surface area (Å²) >= 11 is 1.51. The van der Waals surface area contributed by atoms with Crippen LogP contribution in [-0.4, -0.2) is 27.2 Å². The Morgan fingerprint density at radius 1 is 1.35 bits per heavy atom. The molecule has 2 aromatic rings. The Balaban J connectivity index is 1.71. The highest BCUT2D eigenvalue weighted by atomic mass is 32.2. The van der Waals surface area contributed by atoms with Crippen molar-refractivity contribution in [3.05, 3.63) is 48.6 Å². The number of rotatable bonds is 4. The normalized spacial score (nSPS) is 21.3. The predicted molar refractivity (Wildman–Crippen MR) is 105 cm³/mol. The summed E-state index contributed by atoms with van der Waals surface area (Å²) in [6.07, 6.45) is 7.25. The smallest absolute Gasteiger partial charge is 0.247 e. The van der Waals surface area contributed by atoms with Crippen molar-refractivity contribution in [3.63, 3.8) is 0 Å². The highest BCUT2D eigenvalue weighted by Gasteiger charge is 2.30. The minimum absolute atomic E-state index is 0.129. The molecule has 0 saturated carbocycles. The Hall–Kier alpha value is -2.34. The van der Waals surface area contributed by atoms with Gasteiger partial charge in [0, 0.05) is 22.9 Å². The largest absolute Gasteiger partial charge is 0.452 e. The minimum atomic E-state index is -0.129. The third-order valence-corrected chi connectivity index (χ3v) is 5.62. The van der Waals surface area contributed by atoms with E-state index in [1.807, 2.05) is 24.3 Å². The van der Waals surface area contributed by atoms with Gasteiger partial charge < -0.3 is 10.1 Å². The number of para-hydroxylation sites is 1. The number of nitrogens with one attached hydrogen (secondary N) is 1. The lowest BCUT2D eigenvalue weighted by atomic mass is 9.89. The van der Waals surface area contributed by atoms with E-state index in [1.54, 1.807) is 0 Å². The average Bonchev–Trinajstić information content (AvgIpc) is 2.83. The van der Waals surface area contributed by atoms with Crippen molar-refractivity contribution in [1.29, 1.82) is 0 Å². The van der Waals surface area contributed by atoms with Gasteiger partial charge in [-0.05, 0) is 32.3 Å². The van der Waals surface area contributed by atoms with Crippen LogP contribution < -0.4 is 10.1 Å². The number of hydrogen-bond acceptors (Lipinski definition) is 6. The number of aromatic nitrogens is 3. The molecule has 0 unspecified atom stereocenters. The number of nitrogens with zero attached hydrogens (tertiary/aromatic N) is 3. The Morgan fingerprint density at radius 2 is 2.23 bits per heavy atom. The number of benzene rings is 1. The summed E-state index contributed by atoms with van der Waals surface area (Å²) in [7, 11) is 0. The average molecular weight is 366 g/mol. The maximum Gasteiger partial charge on any atom is 0.247 e. The molecule has 0 bridgehead atoms. The van der Waals surface area contributed by atoms with Crippen LogP contribution in [0.25, 0.3) is 11.3 Å². The van der Waals surface area contributed by atoms with Gasteiger partial charge >= 0.3 is 0 Å². The molecule has 2 atom stereocenters. The molecule has 0 radical (unpaired) electrons. The van der Waals surface area contributed by atoms with Gasteiger partial charge in [0.25, 0.3) is 0 Å². The summed E-state index contributed by atoms with van der Waals surface area (Å²) in [4.78, 5) is 4.63. The molecular weight excluding hydrogens is 344 g/mol. The zero-order valence-corrected chi connectivity index (χ0v) is 15.6. The molecule has 2 aliphatic rings. The van der Waals surface area contributed by atoms with E-state index < -0.39 is 0 Å². The fraction of sp³-hybridized carbons (Fsp3) is 0.350. The second-order valence-corrected chi connectivity index (χ2v) is 7.65. The molecule has 6 heteroatoms. The third-order valence-electron chi connectivity index (χ3n) is 4.79. The van der Waals surface area contributed by atoms with E-state index in [-0.39, 0.29) is 6.23 Å². The van der Waals surface area contributed by atoms with Crippen molar-refractivity contribution in [2.24, 2.45) is 5.92 Å². The number of ether oxygens (including phenoxy) is 1. The molecule has 1 aromatic carbocycles. The van der Waals surface area contributed by atoms with E-state index >= 15 is 0 Å². The summed E-state index contributed by atoms with van der Waals surface area (Å²) in [5.74, 6) is 1.70. The standard InChI is InChI=1S/C20H22N4OS/c1-3-12-26-20-22-19-17(23-24-20)15-6-4-5-7-16(15)21-18(25-19)14-10-8-13(2)9-11-14/h3-8,14,18,21H,1,9-12H2,2H3/t14-,18-/m0/s1. The van der Waals surface area contributed by atoms with Crippen LogP contribution in [0.15, 0.2) is 53.7 Å². The summed E-state index contributed by atoms with van der Waals surface area (Å²) in [5, 5.41) is 12.9. The zero-order valence-electron chi connectivity index (χ0n) is 14.8. The van der Waals surface area contributed by atoms with Crippen molar-refractivity contribution < 1.29 is 4.74 Å². The van der Waals surface area contributed by atoms with Gasteiger partial charge in [0.05, 0.1) is 0 Å². The first kappa shape index (κ1) is 17.1. The summed E-state index contributed by atoms with van der Waals surface area (Å²) < 4.78 is 6.34. The minimum Gasteiger partial charge on any atom is -0.452 e. The maximum absolute atomic E-state index is 6.34. The van der Waals surface area contributed by atoms with Crippen LogP contribution in [0, 0.1) is 5.92 Å². The second-order valence-electron chi connectivity index (χ2n) is 6.66. The Kier molecular flexibility index (Phi) is 4.93. The molecule has 0 fully saturated rings. The molecule has 2 heterocycles. The molecule has 0 spiro atoms. The number of anilines is 1. The zero-order chi connectivity index (χ0) is 17.9. The molecule has 0 saturated heterocycles. The first-order valence-electron chi connectivity index (χ1n) is 8.91. The van der Waals surface area contributed by atoms with Crippen LogP contribution in [-0.2, 0) is 0 Å². The maximum atomic E-state index is 6.34. The molecule has 1 aliphatic carbocycles. The number of allylic oxidation sites excluding steroid dienone is 2. The molecule has 1 N–H and O–H groups in total. The summed E-state index contributed by atoms with van der Waals surface area (Å²) in [5.41, 5.74) is 4.15. The lowest BCUT2D eigenvalue weighted by molar-refractivity contribution is 0.145. The Labute approximate surface area is 158 Å². The van der Waals surface area contributed by atoms with Gasteiger partial charge in [0.15, 0.2) is 11.9 Å². The topological polar surface area (TPSA) is 59.9 Å². The third kappa shape index (κ3) is 3.46. The van der Waals surface area contributed by atoms with Crippen LogP contribution >= 0.6 is 11.8 Å².